The number of unbranched alkanes of at least 4 members (excludes halogenated alkanes) is 12. The van der Waals surface area contributed by atoms with Crippen LogP contribution in [0.1, 0.15) is 113 Å². The van der Waals surface area contributed by atoms with Crippen molar-refractivity contribution in [3.05, 3.63) is 46.3 Å². The lowest BCUT2D eigenvalue weighted by Crippen LogP contribution is -2.37. The van der Waals surface area contributed by atoms with E-state index in [-0.39, 0.29) is 63.3 Å². The highest BCUT2D eigenvalue weighted by molar-refractivity contribution is 5.96. The van der Waals surface area contributed by atoms with E-state index in [4.69, 9.17) is 24.1 Å². The molecule has 2 rings (SSSR count). The lowest BCUT2D eigenvalue weighted by molar-refractivity contribution is -0.142. The quantitative estimate of drug-likeness (QED) is 0.0382. The number of carbonyl (C=O) groups excluding carboxylic acids is 3. The number of hydrogen-bond donors (Lipinski definition) is 5. The number of nitrogens with one attached hydrogen (secondary N) is 3. The summed E-state index contributed by atoms with van der Waals surface area (Å²) in [5, 5.41) is 26.6. The van der Waals surface area contributed by atoms with Gasteiger partial charge in [-0.25, -0.2) is 4.79 Å². The van der Waals surface area contributed by atoms with E-state index in [1.54, 1.807) is 24.3 Å². The fourth-order valence-electron chi connectivity index (χ4n) is 5.87. The fraction of sp³-hybridized carbons (Fsp3) is 0.591. The minimum Gasteiger partial charge on any atom is -0.480 e. The first-order valence-corrected chi connectivity index (χ1v) is 20.8. The number of benzene rings is 1. The summed E-state index contributed by atoms with van der Waals surface area (Å²) in [6, 6.07) is 8.49. The van der Waals surface area contributed by atoms with E-state index in [1.807, 2.05) is 0 Å². The number of para-hydroxylation sites is 1. The highest BCUT2D eigenvalue weighted by atomic mass is 16.5. The Bertz CT molecular complexity index is 1740. The van der Waals surface area contributed by atoms with Crippen LogP contribution in [0.2, 0.25) is 0 Å². The molecule has 59 heavy (non-hydrogen) atoms. The Kier molecular flexibility index (Phi) is 27.7. The molecule has 0 bridgehead atoms. The van der Waals surface area contributed by atoms with Gasteiger partial charge in [0.05, 0.1) is 39.5 Å². The molecule has 0 fully saturated rings. The highest BCUT2D eigenvalue weighted by Crippen LogP contribution is 2.13. The van der Waals surface area contributed by atoms with Crippen LogP contribution in [0, 0.1) is 23.7 Å². The molecule has 1 heterocycles. The number of nitrogens with zero attached hydrogens (tertiary/aromatic N) is 1. The number of rotatable bonds is 33. The van der Waals surface area contributed by atoms with Crippen molar-refractivity contribution in [1.82, 2.24) is 20.9 Å². The Balaban J connectivity index is 1.30. The molecule has 0 unspecified atom stereocenters. The molecule has 0 saturated heterocycles. The molecule has 1 aromatic carbocycles. The summed E-state index contributed by atoms with van der Waals surface area (Å²) in [7, 11) is 0. The van der Waals surface area contributed by atoms with Crippen molar-refractivity contribution >= 4 is 40.6 Å². The molecule has 3 amide bonds. The molecule has 0 aliphatic carbocycles. The van der Waals surface area contributed by atoms with Crippen molar-refractivity contribution in [2.75, 3.05) is 65.7 Å². The molecule has 15 nitrogen and oxygen atoms in total. The number of carboxylic acids is 2. The number of amides is 3. The van der Waals surface area contributed by atoms with Gasteiger partial charge in [-0.15, -0.1) is 0 Å². The third-order valence-electron chi connectivity index (χ3n) is 8.98. The first kappa shape index (κ1) is 49.9. The van der Waals surface area contributed by atoms with Crippen LogP contribution in [0.4, 0.5) is 0 Å². The Morgan fingerprint density at radius 1 is 0.627 bits per heavy atom. The average molecular weight is 823 g/mol. The molecule has 0 radical (unpaired) electrons. The molecule has 0 aliphatic heterocycles. The predicted octanol–water partition coefficient (Wildman–Crippen LogP) is 4.51. The van der Waals surface area contributed by atoms with Crippen molar-refractivity contribution in [2.45, 2.75) is 103 Å². The summed E-state index contributed by atoms with van der Waals surface area (Å²) in [6.45, 7) is 1.52. The molecule has 0 aliphatic rings. The summed E-state index contributed by atoms with van der Waals surface area (Å²) in [6.07, 6.45) is 14.9. The smallest absolute Gasteiger partial charge is 0.349 e. The van der Waals surface area contributed by atoms with Crippen LogP contribution >= 0.6 is 0 Å². The topological polar surface area (TPSA) is 214 Å². The van der Waals surface area contributed by atoms with Gasteiger partial charge >= 0.3 is 17.6 Å². The second kappa shape index (κ2) is 32.7. The fourth-order valence-corrected chi connectivity index (χ4v) is 5.87. The number of carbonyl (C=O) groups is 5. The van der Waals surface area contributed by atoms with Crippen molar-refractivity contribution in [3.8, 4) is 23.7 Å². The van der Waals surface area contributed by atoms with E-state index in [2.05, 4.69) is 39.6 Å². The van der Waals surface area contributed by atoms with Crippen LogP contribution in [-0.2, 0) is 28.7 Å². The van der Waals surface area contributed by atoms with Crippen LogP contribution in [-0.4, -0.2) is 110 Å². The molecule has 324 valence electrons. The first-order valence-electron chi connectivity index (χ1n) is 20.8. The molecule has 2 aromatic rings. The van der Waals surface area contributed by atoms with E-state index in [1.165, 1.54) is 11.0 Å². The Morgan fingerprint density at radius 2 is 1.14 bits per heavy atom. The number of fused-ring (bicyclic) bond motifs is 1. The summed E-state index contributed by atoms with van der Waals surface area (Å²) < 4.78 is 16.0. The normalized spacial score (nSPS) is 10.7. The number of hydrogen-bond acceptors (Lipinski definition) is 10. The lowest BCUT2D eigenvalue weighted by Gasteiger charge is -2.17. The maximum absolute atomic E-state index is 12.4. The van der Waals surface area contributed by atoms with Gasteiger partial charge in [-0.2, -0.15) is 0 Å². The summed E-state index contributed by atoms with van der Waals surface area (Å²) in [4.78, 5) is 71.4. The maximum atomic E-state index is 12.4. The van der Waals surface area contributed by atoms with Crippen molar-refractivity contribution in [2.24, 2.45) is 0 Å². The average Bonchev–Trinajstić information content (AvgIpc) is 3.20. The van der Waals surface area contributed by atoms with Gasteiger partial charge in [0.25, 0.3) is 5.91 Å². The number of aliphatic carboxylic acids is 2. The minimum absolute atomic E-state index is 0.00444. The molecule has 0 spiro atoms. The summed E-state index contributed by atoms with van der Waals surface area (Å²) >= 11 is 0. The molecule has 15 heteroatoms. The summed E-state index contributed by atoms with van der Waals surface area (Å²) in [5.74, 6) is 9.38. The van der Waals surface area contributed by atoms with Crippen LogP contribution in [0.5, 0.6) is 0 Å². The van der Waals surface area contributed by atoms with Gasteiger partial charge in [0.15, 0.2) is 0 Å². The van der Waals surface area contributed by atoms with Gasteiger partial charge in [-0.1, -0.05) is 81.4 Å². The van der Waals surface area contributed by atoms with E-state index < -0.39 is 23.5 Å². The Hall–Kier alpha value is -5.22. The van der Waals surface area contributed by atoms with E-state index in [0.717, 1.165) is 89.9 Å². The van der Waals surface area contributed by atoms with Crippen LogP contribution < -0.4 is 21.6 Å². The van der Waals surface area contributed by atoms with Gasteiger partial charge in [0.2, 0.25) is 11.8 Å². The first-order chi connectivity index (χ1) is 28.7. The van der Waals surface area contributed by atoms with Gasteiger partial charge in [0, 0.05) is 57.2 Å². The van der Waals surface area contributed by atoms with Gasteiger partial charge in [-0.05, 0) is 49.7 Å². The standard InChI is InChI=1S/C44H62N4O11/c49-39(45-25-26-47-43(55)37-33-36-21-19-20-22-38(36)59-44(37)56)23-17-15-13-11-9-7-5-3-1-2-4-6-8-10-12-14-16-18-24-40(50)46-27-29-57-31-32-58-30-28-48(34-41(51)52)35-42(53)54/h19-22,33H,5-18,23-32,34-35H2,(H,45,49)(H,46,50)(H,47,55)(H,51,52)(H,53,54). The van der Waals surface area contributed by atoms with Crippen LogP contribution in [0.3, 0.4) is 0 Å². The van der Waals surface area contributed by atoms with Gasteiger partial charge in [-0.3, -0.25) is 28.9 Å². The largest absolute Gasteiger partial charge is 0.480 e. The zero-order valence-electron chi connectivity index (χ0n) is 34.3. The van der Waals surface area contributed by atoms with Gasteiger partial charge in [0.1, 0.15) is 11.1 Å². The van der Waals surface area contributed by atoms with Gasteiger partial charge < -0.3 is 40.1 Å². The molecule has 5 N–H and O–H groups in total. The molecular formula is C44H62N4O11. The van der Waals surface area contributed by atoms with Crippen molar-refractivity contribution in [3.63, 3.8) is 0 Å². The second-order valence-electron chi connectivity index (χ2n) is 14.0. The van der Waals surface area contributed by atoms with Crippen LogP contribution in [0.15, 0.2) is 39.5 Å². The molecule has 1 aromatic heterocycles. The number of ether oxygens (including phenoxy) is 2. The minimum atomic E-state index is -1.10. The maximum Gasteiger partial charge on any atom is 0.349 e. The van der Waals surface area contributed by atoms with Crippen molar-refractivity contribution < 1.29 is 48.1 Å². The SMILES string of the molecule is O=C(O)CN(CCOCCOCCNC(=O)CCCCCCCCC#CC#CCCCCCCCCC(=O)NCCNC(=O)c1cc2ccccc2oc1=O)CC(=O)O. The van der Waals surface area contributed by atoms with Crippen LogP contribution in [0.25, 0.3) is 11.0 Å². The zero-order chi connectivity index (χ0) is 42.8. The zero-order valence-corrected chi connectivity index (χ0v) is 34.3. The lowest BCUT2D eigenvalue weighted by atomic mass is 10.1. The van der Waals surface area contributed by atoms with E-state index in [9.17, 15) is 28.8 Å². The van der Waals surface area contributed by atoms with Crippen molar-refractivity contribution in [1.29, 1.82) is 0 Å². The summed E-state index contributed by atoms with van der Waals surface area (Å²) in [5.41, 5.74) is -0.334. The predicted molar refractivity (Wildman–Crippen MR) is 224 cm³/mol. The highest BCUT2D eigenvalue weighted by Gasteiger charge is 2.14. The monoisotopic (exact) mass is 822 g/mol. The molecule has 0 saturated carbocycles. The molecule has 0 atom stereocenters. The third kappa shape index (κ3) is 26.4. The third-order valence-corrected chi connectivity index (χ3v) is 8.98. The van der Waals surface area contributed by atoms with E-state index >= 15 is 0 Å². The van der Waals surface area contributed by atoms with E-state index in [0.29, 0.717) is 43.6 Å². The molecular weight excluding hydrogens is 761 g/mol. The Morgan fingerprint density at radius 3 is 1.73 bits per heavy atom. The Labute approximate surface area is 347 Å². The number of carboxylic acid groups (broad SMARTS) is 2. The second-order valence-corrected chi connectivity index (χ2v) is 14.0.